The number of hydrogen-bond acceptors (Lipinski definition) is 7. The molecule has 0 atom stereocenters. The van der Waals surface area contributed by atoms with Crippen molar-refractivity contribution in [3.8, 4) is 6.07 Å². The normalized spacial score (nSPS) is 15.5. The second-order valence-electron chi connectivity index (χ2n) is 6.60. The summed E-state index contributed by atoms with van der Waals surface area (Å²) < 4.78 is 19.4. The minimum Gasteiger partial charge on any atom is -0.267 e. The summed E-state index contributed by atoms with van der Waals surface area (Å²) in [5.74, 6) is 0. The standard InChI is InChI=1S/C19H17ClFN5OS2/c1-28-24-9-6-12(7-10-24)26-18(27)14(11-22)19(29-26)25(21)17-13-3-2-8-23-16(13)5-4-15(17)20/h2-5,8,12H,6-7,9-10H2,1H3. The Morgan fingerprint density at radius 1 is 1.38 bits per heavy atom. The minimum atomic E-state index is -0.452. The lowest BCUT2D eigenvalue weighted by Crippen LogP contribution is -2.32. The van der Waals surface area contributed by atoms with Gasteiger partial charge in [0.25, 0.3) is 5.56 Å². The lowest BCUT2D eigenvalue weighted by Gasteiger charge is -2.29. The Hall–Kier alpha value is -2.12. The van der Waals surface area contributed by atoms with Crippen molar-refractivity contribution in [1.29, 1.82) is 5.26 Å². The van der Waals surface area contributed by atoms with Crippen LogP contribution in [0.2, 0.25) is 5.02 Å². The van der Waals surface area contributed by atoms with E-state index < -0.39 is 5.56 Å². The zero-order chi connectivity index (χ0) is 20.5. The third kappa shape index (κ3) is 3.62. The molecule has 3 heterocycles. The monoisotopic (exact) mass is 449 g/mol. The van der Waals surface area contributed by atoms with Gasteiger partial charge in [-0.2, -0.15) is 10.4 Å². The predicted molar refractivity (Wildman–Crippen MR) is 117 cm³/mol. The van der Waals surface area contributed by atoms with Gasteiger partial charge in [-0.25, -0.2) is 0 Å². The van der Waals surface area contributed by atoms with Crippen molar-refractivity contribution >= 4 is 56.7 Å². The van der Waals surface area contributed by atoms with Crippen molar-refractivity contribution in [2.75, 3.05) is 24.5 Å². The average molecular weight is 450 g/mol. The summed E-state index contributed by atoms with van der Waals surface area (Å²) in [6, 6.07) is 8.49. The molecule has 0 bridgehead atoms. The Labute approximate surface area is 180 Å². The van der Waals surface area contributed by atoms with E-state index in [1.54, 1.807) is 42.4 Å². The van der Waals surface area contributed by atoms with Crippen molar-refractivity contribution in [2.45, 2.75) is 18.9 Å². The van der Waals surface area contributed by atoms with Gasteiger partial charge in [-0.1, -0.05) is 28.0 Å². The molecule has 0 saturated carbocycles. The van der Waals surface area contributed by atoms with Crippen LogP contribution in [0.3, 0.4) is 0 Å². The second-order valence-corrected chi connectivity index (χ2v) is 8.86. The molecule has 1 aliphatic rings. The van der Waals surface area contributed by atoms with Crippen LogP contribution in [-0.2, 0) is 0 Å². The Balaban J connectivity index is 1.78. The molecule has 0 radical (unpaired) electrons. The Bertz CT molecular complexity index is 1150. The highest BCUT2D eigenvalue weighted by Gasteiger charge is 2.29. The summed E-state index contributed by atoms with van der Waals surface area (Å²) in [5.41, 5.74) is -0.00219. The van der Waals surface area contributed by atoms with Crippen molar-refractivity contribution in [3.63, 3.8) is 0 Å². The lowest BCUT2D eigenvalue weighted by molar-refractivity contribution is 0.299. The lowest BCUT2D eigenvalue weighted by atomic mass is 10.1. The van der Waals surface area contributed by atoms with Gasteiger partial charge in [0.05, 0.1) is 16.6 Å². The summed E-state index contributed by atoms with van der Waals surface area (Å²) in [5, 5.41) is 10.5. The number of aromatic nitrogens is 2. The van der Waals surface area contributed by atoms with Crippen LogP contribution in [0, 0.1) is 11.3 Å². The number of pyridine rings is 1. The van der Waals surface area contributed by atoms with Gasteiger partial charge >= 0.3 is 0 Å². The van der Waals surface area contributed by atoms with E-state index >= 15 is 4.48 Å². The average Bonchev–Trinajstić information content (AvgIpc) is 3.09. The Morgan fingerprint density at radius 3 is 2.83 bits per heavy atom. The van der Waals surface area contributed by atoms with Crippen LogP contribution >= 0.6 is 35.1 Å². The highest BCUT2D eigenvalue weighted by Crippen LogP contribution is 2.41. The summed E-state index contributed by atoms with van der Waals surface area (Å²) in [7, 11) is 0. The topological polar surface area (TPSA) is 65.2 Å². The van der Waals surface area contributed by atoms with Gasteiger partial charge in [0.1, 0.15) is 11.8 Å². The van der Waals surface area contributed by atoms with E-state index in [1.807, 2.05) is 12.3 Å². The van der Waals surface area contributed by atoms with E-state index in [2.05, 4.69) is 9.29 Å². The van der Waals surface area contributed by atoms with E-state index in [4.69, 9.17) is 11.6 Å². The molecule has 0 aliphatic carbocycles. The first-order chi connectivity index (χ1) is 14.0. The second kappa shape index (κ2) is 8.32. The first-order valence-electron chi connectivity index (χ1n) is 8.99. The molecule has 150 valence electrons. The Kier molecular flexibility index (Phi) is 5.79. The number of rotatable bonds is 4. The third-order valence-corrected chi connectivity index (χ3v) is 7.40. The highest BCUT2D eigenvalue weighted by molar-refractivity contribution is 7.96. The molecule has 0 amide bonds. The molecule has 29 heavy (non-hydrogen) atoms. The molecular weight excluding hydrogens is 433 g/mol. The van der Waals surface area contributed by atoms with Gasteiger partial charge in [0.2, 0.25) is 0 Å². The van der Waals surface area contributed by atoms with Gasteiger partial charge in [-0.15, -0.1) is 0 Å². The summed E-state index contributed by atoms with van der Waals surface area (Å²) in [6.45, 7) is 1.68. The molecule has 10 heteroatoms. The molecule has 4 rings (SSSR count). The molecule has 1 saturated heterocycles. The molecule has 3 aromatic rings. The molecule has 1 aromatic carbocycles. The van der Waals surface area contributed by atoms with Crippen LogP contribution in [-0.4, -0.2) is 32.6 Å². The van der Waals surface area contributed by atoms with Crippen molar-refractivity contribution in [3.05, 3.63) is 51.4 Å². The number of anilines is 2. The highest BCUT2D eigenvalue weighted by atomic mass is 35.5. The summed E-state index contributed by atoms with van der Waals surface area (Å²) in [4.78, 5) is 17.1. The van der Waals surface area contributed by atoms with Crippen LogP contribution in [0.15, 0.2) is 35.3 Å². The van der Waals surface area contributed by atoms with E-state index in [0.29, 0.717) is 16.0 Å². The number of hydrogen-bond donors (Lipinski definition) is 0. The maximum absolute atomic E-state index is 15.6. The van der Waals surface area contributed by atoms with E-state index in [0.717, 1.165) is 37.5 Å². The Morgan fingerprint density at radius 2 is 2.14 bits per heavy atom. The van der Waals surface area contributed by atoms with E-state index in [9.17, 15) is 10.1 Å². The van der Waals surface area contributed by atoms with Crippen LogP contribution < -0.4 is 10.7 Å². The zero-order valence-corrected chi connectivity index (χ0v) is 17.9. The van der Waals surface area contributed by atoms with Gasteiger partial charge in [-0.3, -0.25) is 18.0 Å². The molecule has 1 aliphatic heterocycles. The maximum atomic E-state index is 15.6. The summed E-state index contributed by atoms with van der Waals surface area (Å²) >= 11 is 8.94. The fraction of sp³-hybridized carbons (Fsp3) is 0.316. The van der Waals surface area contributed by atoms with E-state index in [-0.39, 0.29) is 27.3 Å². The first kappa shape index (κ1) is 20.2. The SMILES string of the molecule is CSN1CCC(n2sc(N(F)c3c(Cl)ccc4ncccc34)c(C#N)c2=O)CC1. The van der Waals surface area contributed by atoms with Crippen LogP contribution in [0.4, 0.5) is 15.2 Å². The predicted octanol–water partition coefficient (Wildman–Crippen LogP) is 4.92. The third-order valence-electron chi connectivity index (χ3n) is 5.02. The van der Waals surface area contributed by atoms with Gasteiger partial charge in [0.15, 0.2) is 10.6 Å². The van der Waals surface area contributed by atoms with Gasteiger partial charge in [0, 0.05) is 24.7 Å². The summed E-state index contributed by atoms with van der Waals surface area (Å²) in [6.07, 6.45) is 5.18. The number of nitriles is 1. The minimum absolute atomic E-state index is 0.0465. The number of piperidine rings is 1. The maximum Gasteiger partial charge on any atom is 0.281 e. The number of benzene rings is 1. The van der Waals surface area contributed by atoms with Gasteiger partial charge < -0.3 is 0 Å². The van der Waals surface area contributed by atoms with E-state index in [1.165, 1.54) is 3.96 Å². The first-order valence-corrected chi connectivity index (χ1v) is 11.3. The molecule has 1 fully saturated rings. The van der Waals surface area contributed by atoms with Crippen LogP contribution in [0.1, 0.15) is 24.4 Å². The zero-order valence-electron chi connectivity index (χ0n) is 15.5. The number of nitrogens with zero attached hydrogens (tertiary/aromatic N) is 5. The van der Waals surface area contributed by atoms with Crippen molar-refractivity contribution < 1.29 is 4.48 Å². The van der Waals surface area contributed by atoms with Gasteiger partial charge in [-0.05, 0) is 54.9 Å². The fourth-order valence-electron chi connectivity index (χ4n) is 3.52. The molecule has 2 aromatic heterocycles. The molecule has 6 nitrogen and oxygen atoms in total. The van der Waals surface area contributed by atoms with Crippen molar-refractivity contribution in [2.24, 2.45) is 0 Å². The number of fused-ring (bicyclic) bond motifs is 1. The molecule has 0 spiro atoms. The smallest absolute Gasteiger partial charge is 0.267 e. The van der Waals surface area contributed by atoms with Crippen LogP contribution in [0.25, 0.3) is 10.9 Å². The number of halogens is 2. The van der Waals surface area contributed by atoms with Crippen LogP contribution in [0.5, 0.6) is 0 Å². The van der Waals surface area contributed by atoms with Crippen molar-refractivity contribution in [1.82, 2.24) is 13.2 Å². The molecular formula is C19H17ClFN5OS2. The molecule has 0 N–H and O–H groups in total. The fourth-order valence-corrected chi connectivity index (χ4v) is 5.45. The quantitative estimate of drug-likeness (QED) is 0.416. The molecule has 0 unspecified atom stereocenters. The largest absolute Gasteiger partial charge is 0.281 e.